The zero-order valence-corrected chi connectivity index (χ0v) is 13.1. The first-order valence-corrected chi connectivity index (χ1v) is 8.67. The number of halogens is 2. The summed E-state index contributed by atoms with van der Waals surface area (Å²) in [6, 6.07) is 5.16. The molecule has 3 nitrogen and oxygen atoms in total. The van der Waals surface area contributed by atoms with Gasteiger partial charge in [-0.1, -0.05) is 12.5 Å². The van der Waals surface area contributed by atoms with Crippen LogP contribution in [0.3, 0.4) is 0 Å². The Bertz CT molecular complexity index is 527. The maximum Gasteiger partial charge on any atom is 0.244 e. The molecule has 2 rings (SSSR count). The third-order valence-corrected chi connectivity index (χ3v) is 6.27. The molecule has 0 radical (unpaired) electrons. The van der Waals surface area contributed by atoms with Crippen molar-refractivity contribution in [2.75, 3.05) is 13.1 Å². The highest BCUT2D eigenvalue weighted by Gasteiger charge is 2.27. The minimum absolute atomic E-state index is 0.332. The first kappa shape index (κ1) is 14.3. The number of hydrogen-bond acceptors (Lipinski definition) is 2. The standard InChI is InChI=1S/C12H15BrClNO2S/c13-11-8-10(9-14)4-5-12(11)18(16,17)15-6-2-1-3-7-15/h4-5,8H,1-3,6-7,9H2. The van der Waals surface area contributed by atoms with Crippen molar-refractivity contribution in [1.82, 2.24) is 4.31 Å². The molecule has 18 heavy (non-hydrogen) atoms. The van der Waals surface area contributed by atoms with Gasteiger partial charge in [-0.05, 0) is 46.5 Å². The van der Waals surface area contributed by atoms with E-state index in [2.05, 4.69) is 15.9 Å². The smallest absolute Gasteiger partial charge is 0.207 e. The van der Waals surface area contributed by atoms with Crippen LogP contribution in [0.25, 0.3) is 0 Å². The second-order valence-electron chi connectivity index (χ2n) is 4.36. The van der Waals surface area contributed by atoms with Gasteiger partial charge in [0.2, 0.25) is 10.0 Å². The predicted molar refractivity (Wildman–Crippen MR) is 76.3 cm³/mol. The summed E-state index contributed by atoms with van der Waals surface area (Å²) in [5, 5.41) is 0. The van der Waals surface area contributed by atoms with Crippen molar-refractivity contribution in [3.63, 3.8) is 0 Å². The number of rotatable bonds is 3. The molecule has 0 N–H and O–H groups in total. The van der Waals surface area contributed by atoms with E-state index in [-0.39, 0.29) is 0 Å². The zero-order chi connectivity index (χ0) is 13.2. The summed E-state index contributed by atoms with van der Waals surface area (Å²) in [5.41, 5.74) is 0.904. The first-order chi connectivity index (χ1) is 8.55. The summed E-state index contributed by atoms with van der Waals surface area (Å²) in [6.07, 6.45) is 2.99. The van der Waals surface area contributed by atoms with Crippen molar-refractivity contribution in [2.45, 2.75) is 30.0 Å². The van der Waals surface area contributed by atoms with Gasteiger partial charge in [-0.15, -0.1) is 11.6 Å². The van der Waals surface area contributed by atoms with E-state index in [4.69, 9.17) is 11.6 Å². The molecule has 6 heteroatoms. The maximum absolute atomic E-state index is 12.5. The minimum atomic E-state index is -3.37. The largest absolute Gasteiger partial charge is 0.244 e. The highest BCUT2D eigenvalue weighted by Crippen LogP contribution is 2.28. The molecule has 1 heterocycles. The number of benzene rings is 1. The van der Waals surface area contributed by atoms with Gasteiger partial charge in [-0.2, -0.15) is 4.31 Å². The molecule has 100 valence electrons. The van der Waals surface area contributed by atoms with E-state index in [0.717, 1.165) is 24.8 Å². The second-order valence-corrected chi connectivity index (χ2v) is 7.39. The van der Waals surface area contributed by atoms with Crippen LogP contribution in [0.4, 0.5) is 0 Å². The van der Waals surface area contributed by atoms with Gasteiger partial charge in [-0.25, -0.2) is 8.42 Å². The van der Waals surface area contributed by atoms with Crippen LogP contribution >= 0.6 is 27.5 Å². The van der Waals surface area contributed by atoms with Gasteiger partial charge in [0.05, 0.1) is 4.90 Å². The molecular formula is C12H15BrClNO2S. The van der Waals surface area contributed by atoms with E-state index in [1.165, 1.54) is 0 Å². The fourth-order valence-corrected chi connectivity index (χ4v) is 4.85. The summed E-state index contributed by atoms with van der Waals surface area (Å²) >= 11 is 9.06. The topological polar surface area (TPSA) is 37.4 Å². The number of hydrogen-bond donors (Lipinski definition) is 0. The monoisotopic (exact) mass is 351 g/mol. The van der Waals surface area contributed by atoms with Crippen LogP contribution in [0.15, 0.2) is 27.6 Å². The van der Waals surface area contributed by atoms with Crippen molar-refractivity contribution in [1.29, 1.82) is 0 Å². The van der Waals surface area contributed by atoms with Crippen LogP contribution in [-0.4, -0.2) is 25.8 Å². The van der Waals surface area contributed by atoms with Gasteiger partial charge in [-0.3, -0.25) is 0 Å². The molecule has 1 aliphatic heterocycles. The highest BCUT2D eigenvalue weighted by atomic mass is 79.9. The molecule has 0 unspecified atom stereocenters. The van der Waals surface area contributed by atoms with E-state index in [0.29, 0.717) is 28.3 Å². The van der Waals surface area contributed by atoms with Crippen molar-refractivity contribution >= 4 is 37.6 Å². The third kappa shape index (κ3) is 2.90. The SMILES string of the molecule is O=S(=O)(c1ccc(CCl)cc1Br)N1CCCCC1. The van der Waals surface area contributed by atoms with E-state index in [9.17, 15) is 8.42 Å². The molecule has 1 aromatic rings. The minimum Gasteiger partial charge on any atom is -0.207 e. The van der Waals surface area contributed by atoms with Crippen LogP contribution in [0, 0.1) is 0 Å². The highest BCUT2D eigenvalue weighted by molar-refractivity contribution is 9.10. The van der Waals surface area contributed by atoms with Gasteiger partial charge in [0, 0.05) is 23.4 Å². The lowest BCUT2D eigenvalue weighted by Crippen LogP contribution is -2.35. The van der Waals surface area contributed by atoms with Crippen molar-refractivity contribution in [3.8, 4) is 0 Å². The number of piperidine rings is 1. The molecule has 0 aromatic heterocycles. The molecule has 0 amide bonds. The third-order valence-electron chi connectivity index (χ3n) is 3.08. The van der Waals surface area contributed by atoms with Crippen LogP contribution in [0.1, 0.15) is 24.8 Å². The summed E-state index contributed by atoms with van der Waals surface area (Å²) < 4.78 is 27.1. The molecule has 0 atom stereocenters. The Morgan fingerprint density at radius 2 is 1.89 bits per heavy atom. The molecular weight excluding hydrogens is 338 g/mol. The zero-order valence-electron chi connectivity index (χ0n) is 9.90. The quantitative estimate of drug-likeness (QED) is 0.782. The fraction of sp³-hybridized carbons (Fsp3) is 0.500. The second kappa shape index (κ2) is 5.90. The number of sulfonamides is 1. The van der Waals surface area contributed by atoms with Gasteiger partial charge < -0.3 is 0 Å². The fourth-order valence-electron chi connectivity index (χ4n) is 2.08. The molecule has 0 saturated carbocycles. The summed E-state index contributed by atoms with van der Waals surface area (Å²) in [5.74, 6) is 0.378. The normalized spacial score (nSPS) is 17.9. The Labute approximate surface area is 121 Å². The Kier molecular flexibility index (Phi) is 4.69. The van der Waals surface area contributed by atoms with Crippen LogP contribution in [0.5, 0.6) is 0 Å². The molecule has 0 bridgehead atoms. The lowest BCUT2D eigenvalue weighted by atomic mass is 10.2. The Morgan fingerprint density at radius 3 is 2.44 bits per heavy atom. The molecule has 1 aromatic carbocycles. The Hall–Kier alpha value is -0.100. The number of nitrogens with zero attached hydrogens (tertiary/aromatic N) is 1. The van der Waals surface area contributed by atoms with E-state index >= 15 is 0 Å². The van der Waals surface area contributed by atoms with Gasteiger partial charge in [0.25, 0.3) is 0 Å². The summed E-state index contributed by atoms with van der Waals surface area (Å²) in [6.45, 7) is 1.23. The molecule has 1 fully saturated rings. The van der Waals surface area contributed by atoms with Crippen molar-refractivity contribution in [2.24, 2.45) is 0 Å². The van der Waals surface area contributed by atoms with Crippen molar-refractivity contribution in [3.05, 3.63) is 28.2 Å². The summed E-state index contributed by atoms with van der Waals surface area (Å²) in [4.78, 5) is 0.332. The Balaban J connectivity index is 2.34. The average Bonchev–Trinajstić information content (AvgIpc) is 2.39. The molecule has 1 aliphatic rings. The molecule has 1 saturated heterocycles. The van der Waals surface area contributed by atoms with Crippen LogP contribution in [0.2, 0.25) is 0 Å². The van der Waals surface area contributed by atoms with E-state index in [1.807, 2.05) is 0 Å². The molecule has 0 aliphatic carbocycles. The van der Waals surface area contributed by atoms with Gasteiger partial charge >= 0.3 is 0 Å². The van der Waals surface area contributed by atoms with Crippen molar-refractivity contribution < 1.29 is 8.42 Å². The first-order valence-electron chi connectivity index (χ1n) is 5.90. The predicted octanol–water partition coefficient (Wildman–Crippen LogP) is 3.36. The summed E-state index contributed by atoms with van der Waals surface area (Å²) in [7, 11) is -3.37. The van der Waals surface area contributed by atoms with Gasteiger partial charge in [0.15, 0.2) is 0 Å². The number of alkyl halides is 1. The van der Waals surface area contributed by atoms with Crippen LogP contribution in [-0.2, 0) is 15.9 Å². The maximum atomic E-state index is 12.5. The lowest BCUT2D eigenvalue weighted by molar-refractivity contribution is 0.346. The Morgan fingerprint density at radius 1 is 1.22 bits per heavy atom. The average molecular weight is 353 g/mol. The lowest BCUT2D eigenvalue weighted by Gasteiger charge is -2.26. The van der Waals surface area contributed by atoms with Gasteiger partial charge in [0.1, 0.15) is 0 Å². The van der Waals surface area contributed by atoms with Crippen LogP contribution < -0.4 is 0 Å². The molecule has 0 spiro atoms. The van der Waals surface area contributed by atoms with E-state index < -0.39 is 10.0 Å². The van der Waals surface area contributed by atoms with E-state index in [1.54, 1.807) is 22.5 Å².